The van der Waals surface area contributed by atoms with Gasteiger partial charge >= 0.3 is 0 Å². The minimum atomic E-state index is 0.0530. The SMILES string of the molecule is COCCn1c(C)cc(C(=O)CSc2nnc(-c3cccc(OC)c3)n2Cc2ccco2)c1C. The van der Waals surface area contributed by atoms with Crippen LogP contribution in [0.15, 0.2) is 58.3 Å². The number of rotatable bonds is 11. The van der Waals surface area contributed by atoms with Gasteiger partial charge in [0.25, 0.3) is 0 Å². The molecule has 4 rings (SSSR count). The number of nitrogens with zero attached hydrogens (tertiary/aromatic N) is 4. The van der Waals surface area contributed by atoms with E-state index < -0.39 is 0 Å². The van der Waals surface area contributed by atoms with Gasteiger partial charge in [-0.1, -0.05) is 23.9 Å². The van der Waals surface area contributed by atoms with Crippen molar-refractivity contribution in [1.29, 1.82) is 0 Å². The van der Waals surface area contributed by atoms with Gasteiger partial charge in [-0.25, -0.2) is 0 Å². The van der Waals surface area contributed by atoms with E-state index in [1.165, 1.54) is 11.8 Å². The first-order valence-corrected chi connectivity index (χ1v) is 11.9. The molecular weight excluding hydrogens is 452 g/mol. The third-order valence-corrected chi connectivity index (χ3v) is 6.63. The van der Waals surface area contributed by atoms with Gasteiger partial charge in [0.15, 0.2) is 16.8 Å². The van der Waals surface area contributed by atoms with Crippen LogP contribution in [0.5, 0.6) is 5.75 Å². The maximum absolute atomic E-state index is 13.1. The van der Waals surface area contributed by atoms with Crippen molar-refractivity contribution < 1.29 is 18.7 Å². The van der Waals surface area contributed by atoms with Gasteiger partial charge in [-0.3, -0.25) is 9.36 Å². The molecule has 0 fully saturated rings. The van der Waals surface area contributed by atoms with Crippen LogP contribution in [0, 0.1) is 13.8 Å². The lowest BCUT2D eigenvalue weighted by molar-refractivity contribution is 0.102. The molecule has 9 heteroatoms. The van der Waals surface area contributed by atoms with E-state index >= 15 is 0 Å². The fourth-order valence-corrected chi connectivity index (χ4v) is 4.71. The Morgan fingerprint density at radius 1 is 1.09 bits per heavy atom. The van der Waals surface area contributed by atoms with E-state index in [1.54, 1.807) is 20.5 Å². The molecule has 0 saturated carbocycles. The third kappa shape index (κ3) is 5.10. The maximum atomic E-state index is 13.1. The Labute approximate surface area is 202 Å². The van der Waals surface area contributed by atoms with Crippen LogP contribution >= 0.6 is 11.8 Å². The predicted molar refractivity (Wildman–Crippen MR) is 131 cm³/mol. The van der Waals surface area contributed by atoms with Gasteiger partial charge < -0.3 is 18.5 Å². The molecule has 0 aliphatic carbocycles. The van der Waals surface area contributed by atoms with Crippen molar-refractivity contribution in [2.24, 2.45) is 0 Å². The van der Waals surface area contributed by atoms with E-state index in [0.29, 0.717) is 24.1 Å². The number of thioether (sulfide) groups is 1. The summed E-state index contributed by atoms with van der Waals surface area (Å²) in [5.74, 6) is 2.50. The number of carbonyl (C=O) groups excluding carboxylic acids is 1. The van der Waals surface area contributed by atoms with E-state index in [4.69, 9.17) is 13.9 Å². The highest BCUT2D eigenvalue weighted by molar-refractivity contribution is 7.99. The van der Waals surface area contributed by atoms with Gasteiger partial charge in [0.1, 0.15) is 11.5 Å². The normalized spacial score (nSPS) is 11.2. The van der Waals surface area contributed by atoms with Crippen LogP contribution in [0.2, 0.25) is 0 Å². The van der Waals surface area contributed by atoms with Crippen LogP contribution in [0.4, 0.5) is 0 Å². The topological polar surface area (TPSA) is 84.3 Å². The average Bonchev–Trinajstić information content (AvgIpc) is 3.57. The Bertz CT molecular complexity index is 1260. The number of furan rings is 1. The highest BCUT2D eigenvalue weighted by Crippen LogP contribution is 2.28. The second kappa shape index (κ2) is 10.8. The van der Waals surface area contributed by atoms with E-state index in [1.807, 2.05) is 60.9 Å². The fraction of sp³-hybridized carbons (Fsp3) is 0.320. The molecule has 0 radical (unpaired) electrons. The lowest BCUT2D eigenvalue weighted by atomic mass is 10.2. The molecule has 4 aromatic rings. The molecule has 178 valence electrons. The van der Waals surface area contributed by atoms with E-state index in [0.717, 1.165) is 40.6 Å². The second-order valence-electron chi connectivity index (χ2n) is 7.84. The van der Waals surface area contributed by atoms with Crippen LogP contribution in [0.1, 0.15) is 27.5 Å². The number of Topliss-reactive ketones (excluding diaryl/α,β-unsaturated/α-hetero) is 1. The average molecular weight is 481 g/mol. The number of carbonyl (C=O) groups is 1. The zero-order valence-corrected chi connectivity index (χ0v) is 20.6. The first-order chi connectivity index (χ1) is 16.5. The number of methoxy groups -OCH3 is 2. The summed E-state index contributed by atoms with van der Waals surface area (Å²) in [6.07, 6.45) is 1.64. The Kier molecular flexibility index (Phi) is 7.54. The smallest absolute Gasteiger partial charge is 0.192 e. The Balaban J connectivity index is 1.58. The molecule has 3 aromatic heterocycles. The van der Waals surface area contributed by atoms with Crippen LogP contribution in [0.3, 0.4) is 0 Å². The van der Waals surface area contributed by atoms with Gasteiger partial charge in [0, 0.05) is 36.2 Å². The molecule has 34 heavy (non-hydrogen) atoms. The zero-order chi connectivity index (χ0) is 24.1. The van der Waals surface area contributed by atoms with Crippen molar-refractivity contribution in [3.05, 3.63) is 71.4 Å². The summed E-state index contributed by atoms with van der Waals surface area (Å²) in [6.45, 7) is 5.75. The molecule has 0 atom stereocenters. The Morgan fingerprint density at radius 3 is 2.68 bits per heavy atom. The highest BCUT2D eigenvalue weighted by Gasteiger charge is 2.20. The van der Waals surface area contributed by atoms with E-state index in [-0.39, 0.29) is 11.5 Å². The predicted octanol–water partition coefficient (Wildman–Crippen LogP) is 4.63. The molecule has 0 aliphatic heterocycles. The largest absolute Gasteiger partial charge is 0.497 e. The number of hydrogen-bond donors (Lipinski definition) is 0. The molecule has 8 nitrogen and oxygen atoms in total. The van der Waals surface area contributed by atoms with Crippen molar-refractivity contribution in [2.75, 3.05) is 26.6 Å². The molecule has 0 bridgehead atoms. The number of aryl methyl sites for hydroxylation is 1. The van der Waals surface area contributed by atoms with Crippen molar-refractivity contribution in [1.82, 2.24) is 19.3 Å². The van der Waals surface area contributed by atoms with Crippen molar-refractivity contribution in [3.8, 4) is 17.1 Å². The lowest BCUT2D eigenvalue weighted by Gasteiger charge is -2.10. The van der Waals surface area contributed by atoms with Crippen molar-refractivity contribution >= 4 is 17.5 Å². The zero-order valence-electron chi connectivity index (χ0n) is 19.8. The van der Waals surface area contributed by atoms with Gasteiger partial charge in [0.05, 0.1) is 32.3 Å². The Hall–Kier alpha value is -3.30. The summed E-state index contributed by atoms with van der Waals surface area (Å²) >= 11 is 1.37. The molecule has 0 unspecified atom stereocenters. The van der Waals surface area contributed by atoms with E-state index in [2.05, 4.69) is 14.8 Å². The van der Waals surface area contributed by atoms with Gasteiger partial charge in [-0.15, -0.1) is 10.2 Å². The fourth-order valence-electron chi connectivity index (χ4n) is 3.89. The van der Waals surface area contributed by atoms with Crippen LogP contribution in [-0.2, 0) is 17.8 Å². The number of ketones is 1. The third-order valence-electron chi connectivity index (χ3n) is 5.66. The van der Waals surface area contributed by atoms with Crippen LogP contribution in [0.25, 0.3) is 11.4 Å². The Morgan fingerprint density at radius 2 is 1.94 bits per heavy atom. The molecule has 0 aliphatic rings. The molecule has 1 aromatic carbocycles. The summed E-state index contributed by atoms with van der Waals surface area (Å²) in [6, 6.07) is 13.4. The highest BCUT2D eigenvalue weighted by atomic mass is 32.2. The summed E-state index contributed by atoms with van der Waals surface area (Å²) in [5, 5.41) is 9.48. The summed E-state index contributed by atoms with van der Waals surface area (Å²) in [7, 11) is 3.31. The van der Waals surface area contributed by atoms with Crippen molar-refractivity contribution in [2.45, 2.75) is 32.1 Å². The second-order valence-corrected chi connectivity index (χ2v) is 8.79. The summed E-state index contributed by atoms with van der Waals surface area (Å²) < 4.78 is 20.2. The van der Waals surface area contributed by atoms with Gasteiger partial charge in [-0.05, 0) is 44.2 Å². The monoisotopic (exact) mass is 480 g/mol. The molecule has 0 amide bonds. The first kappa shape index (κ1) is 23.8. The summed E-state index contributed by atoms with van der Waals surface area (Å²) in [4.78, 5) is 13.1. The minimum absolute atomic E-state index is 0.0530. The molecular formula is C25H28N4O4S. The maximum Gasteiger partial charge on any atom is 0.192 e. The number of ether oxygens (including phenoxy) is 2. The van der Waals surface area contributed by atoms with Crippen LogP contribution < -0.4 is 4.74 Å². The molecule has 0 spiro atoms. The molecule has 0 N–H and O–H groups in total. The van der Waals surface area contributed by atoms with Gasteiger partial charge in [-0.2, -0.15) is 0 Å². The van der Waals surface area contributed by atoms with E-state index in [9.17, 15) is 4.79 Å². The number of benzene rings is 1. The summed E-state index contributed by atoms with van der Waals surface area (Å²) in [5.41, 5.74) is 3.60. The van der Waals surface area contributed by atoms with Gasteiger partial charge in [0.2, 0.25) is 0 Å². The number of hydrogen-bond acceptors (Lipinski definition) is 7. The lowest BCUT2D eigenvalue weighted by Crippen LogP contribution is -2.10. The van der Waals surface area contributed by atoms with Crippen molar-refractivity contribution in [3.63, 3.8) is 0 Å². The molecule has 0 saturated heterocycles. The molecule has 3 heterocycles. The number of aromatic nitrogens is 4. The van der Waals surface area contributed by atoms with Crippen LogP contribution in [-0.4, -0.2) is 51.7 Å². The first-order valence-electron chi connectivity index (χ1n) is 10.9. The quantitative estimate of drug-likeness (QED) is 0.228. The standard InChI is InChI=1S/C25H28N4O4S/c1-17-13-22(18(2)28(17)10-12-31-3)23(30)16-34-25-27-26-24(19-7-5-8-20(14-19)32-4)29(25)15-21-9-6-11-33-21/h5-9,11,13-14H,10,12,15-16H2,1-4H3. The minimum Gasteiger partial charge on any atom is -0.497 e.